The van der Waals surface area contributed by atoms with Gasteiger partial charge in [0, 0.05) is 23.7 Å². The Morgan fingerprint density at radius 1 is 1.42 bits per heavy atom. The third-order valence-electron chi connectivity index (χ3n) is 3.93. The van der Waals surface area contributed by atoms with Gasteiger partial charge in [-0.25, -0.2) is 4.98 Å². The maximum absolute atomic E-state index is 12.3. The Bertz CT molecular complexity index is 794. The highest BCUT2D eigenvalue weighted by atomic mass is 32.1. The molecule has 3 heterocycles. The lowest BCUT2D eigenvalue weighted by atomic mass is 10.2. The molecule has 1 saturated heterocycles. The van der Waals surface area contributed by atoms with Gasteiger partial charge in [-0.1, -0.05) is 0 Å². The average Bonchev–Trinajstić information content (AvgIpc) is 2.87. The third kappa shape index (κ3) is 4.00. The molecule has 128 valence electrons. The van der Waals surface area contributed by atoms with Crippen LogP contribution in [0.1, 0.15) is 16.3 Å². The van der Waals surface area contributed by atoms with Crippen LogP contribution in [0.4, 0.5) is 11.5 Å². The molecule has 6 nitrogen and oxygen atoms in total. The first-order chi connectivity index (χ1) is 11.5. The fourth-order valence-corrected chi connectivity index (χ4v) is 3.88. The van der Waals surface area contributed by atoms with E-state index in [0.717, 1.165) is 54.1 Å². The molecule has 0 atom stereocenters. The van der Waals surface area contributed by atoms with Crippen LogP contribution in [0, 0.1) is 17.8 Å². The van der Waals surface area contributed by atoms with Gasteiger partial charge in [0.25, 0.3) is 0 Å². The number of ether oxygens (including phenoxy) is 1. The number of rotatable bonds is 4. The number of aryl methyl sites for hydroxylation is 2. The molecule has 0 radical (unpaired) electrons. The molecule has 1 amide bonds. The zero-order valence-electron chi connectivity index (χ0n) is 13.7. The lowest BCUT2D eigenvalue weighted by Crippen LogP contribution is -2.36. The highest BCUT2D eigenvalue weighted by molar-refractivity contribution is 7.73. The number of carbonyl (C=O) groups is 1. The zero-order chi connectivity index (χ0) is 17.1. The van der Waals surface area contributed by atoms with Crippen molar-refractivity contribution in [3.05, 3.63) is 32.4 Å². The second kappa shape index (κ2) is 7.42. The van der Waals surface area contributed by atoms with Gasteiger partial charge in [0.05, 0.1) is 31.0 Å². The summed E-state index contributed by atoms with van der Waals surface area (Å²) in [5.41, 5.74) is 2.51. The highest BCUT2D eigenvalue weighted by Gasteiger charge is 2.15. The van der Waals surface area contributed by atoms with Crippen molar-refractivity contribution in [2.45, 2.75) is 20.3 Å². The monoisotopic (exact) mass is 364 g/mol. The van der Waals surface area contributed by atoms with Crippen molar-refractivity contribution in [3.8, 4) is 0 Å². The van der Waals surface area contributed by atoms with Crippen molar-refractivity contribution < 1.29 is 9.53 Å². The summed E-state index contributed by atoms with van der Waals surface area (Å²) in [6.45, 7) is 6.97. The van der Waals surface area contributed by atoms with Gasteiger partial charge in [0.1, 0.15) is 5.82 Å². The molecule has 1 aliphatic rings. The minimum Gasteiger partial charge on any atom is -0.378 e. The van der Waals surface area contributed by atoms with Crippen molar-refractivity contribution in [3.63, 3.8) is 0 Å². The Kier molecular flexibility index (Phi) is 5.27. The zero-order valence-corrected chi connectivity index (χ0v) is 15.4. The molecule has 0 aliphatic carbocycles. The van der Waals surface area contributed by atoms with Crippen LogP contribution >= 0.6 is 23.6 Å². The number of morpholine rings is 1. The molecule has 8 heteroatoms. The number of amides is 1. The lowest BCUT2D eigenvalue weighted by Gasteiger charge is -2.28. The predicted molar refractivity (Wildman–Crippen MR) is 98.6 cm³/mol. The highest BCUT2D eigenvalue weighted by Crippen LogP contribution is 2.21. The Hall–Kier alpha value is -1.77. The third-order valence-corrected chi connectivity index (χ3v) is 5.26. The Morgan fingerprint density at radius 2 is 2.17 bits per heavy atom. The fraction of sp³-hybridized carbons (Fsp3) is 0.438. The van der Waals surface area contributed by atoms with Gasteiger partial charge in [-0.15, -0.1) is 11.3 Å². The van der Waals surface area contributed by atoms with E-state index in [1.165, 1.54) is 11.3 Å². The van der Waals surface area contributed by atoms with Gasteiger partial charge in [0.15, 0.2) is 3.95 Å². The van der Waals surface area contributed by atoms with E-state index >= 15 is 0 Å². The molecule has 1 aliphatic heterocycles. The van der Waals surface area contributed by atoms with Gasteiger partial charge >= 0.3 is 0 Å². The van der Waals surface area contributed by atoms with E-state index < -0.39 is 0 Å². The summed E-state index contributed by atoms with van der Waals surface area (Å²) in [6, 6.07) is 3.86. The maximum atomic E-state index is 12.3. The number of carbonyl (C=O) groups excluding carboxylic acids is 1. The maximum Gasteiger partial charge on any atom is 0.229 e. The average molecular weight is 364 g/mol. The van der Waals surface area contributed by atoms with Crippen LogP contribution in [0.5, 0.6) is 0 Å². The number of anilines is 2. The first-order valence-corrected chi connectivity index (χ1v) is 9.04. The van der Waals surface area contributed by atoms with Gasteiger partial charge in [0.2, 0.25) is 5.91 Å². The van der Waals surface area contributed by atoms with E-state index in [9.17, 15) is 4.79 Å². The number of nitrogens with zero attached hydrogens (tertiary/aromatic N) is 2. The first kappa shape index (κ1) is 17.1. The smallest absolute Gasteiger partial charge is 0.229 e. The van der Waals surface area contributed by atoms with Crippen LogP contribution in [-0.4, -0.2) is 42.2 Å². The topological polar surface area (TPSA) is 70.2 Å². The second-order valence-electron chi connectivity index (χ2n) is 5.69. The number of hydrogen-bond donors (Lipinski definition) is 2. The van der Waals surface area contributed by atoms with Crippen molar-refractivity contribution in [1.29, 1.82) is 0 Å². The number of H-pyrrole nitrogens is 1. The summed E-state index contributed by atoms with van der Waals surface area (Å²) in [5, 5.41) is 2.94. The molecular weight excluding hydrogens is 344 g/mol. The van der Waals surface area contributed by atoms with Crippen LogP contribution in [0.3, 0.4) is 0 Å². The Morgan fingerprint density at radius 3 is 2.79 bits per heavy atom. The predicted octanol–water partition coefficient (Wildman–Crippen LogP) is 2.84. The minimum atomic E-state index is -0.0626. The quantitative estimate of drug-likeness (QED) is 0.817. The van der Waals surface area contributed by atoms with Crippen LogP contribution in [0.15, 0.2) is 12.1 Å². The largest absolute Gasteiger partial charge is 0.378 e. The summed E-state index contributed by atoms with van der Waals surface area (Å²) in [4.78, 5) is 23.1. The summed E-state index contributed by atoms with van der Waals surface area (Å²) >= 11 is 6.55. The van der Waals surface area contributed by atoms with Crippen molar-refractivity contribution in [2.24, 2.45) is 0 Å². The van der Waals surface area contributed by atoms with Gasteiger partial charge in [-0.05, 0) is 38.2 Å². The number of aromatic nitrogens is 2. The molecule has 0 saturated carbocycles. The van der Waals surface area contributed by atoms with Crippen molar-refractivity contribution in [1.82, 2.24) is 9.97 Å². The molecule has 0 aromatic carbocycles. The molecule has 2 N–H and O–H groups in total. The molecule has 0 bridgehead atoms. The van der Waals surface area contributed by atoms with Gasteiger partial charge in [-0.3, -0.25) is 4.79 Å². The molecule has 1 fully saturated rings. The van der Waals surface area contributed by atoms with E-state index in [1.54, 1.807) is 0 Å². The van der Waals surface area contributed by atoms with E-state index in [-0.39, 0.29) is 5.91 Å². The summed E-state index contributed by atoms with van der Waals surface area (Å²) in [6.07, 6.45) is 0.314. The van der Waals surface area contributed by atoms with Crippen molar-refractivity contribution in [2.75, 3.05) is 36.5 Å². The van der Waals surface area contributed by atoms with E-state index in [2.05, 4.69) is 20.2 Å². The van der Waals surface area contributed by atoms with Crippen LogP contribution in [0.25, 0.3) is 0 Å². The van der Waals surface area contributed by atoms with Crippen LogP contribution < -0.4 is 10.2 Å². The number of aromatic amines is 1. The molecule has 3 rings (SSSR count). The minimum absolute atomic E-state index is 0.0626. The molecule has 0 spiro atoms. The lowest BCUT2D eigenvalue weighted by molar-refractivity contribution is -0.115. The van der Waals surface area contributed by atoms with E-state index in [4.69, 9.17) is 17.0 Å². The number of hydrogen-bond acceptors (Lipinski definition) is 6. The molecule has 0 unspecified atom stereocenters. The molecular formula is C16H20N4O2S2. The number of pyridine rings is 1. The van der Waals surface area contributed by atoms with E-state index in [0.29, 0.717) is 10.4 Å². The molecule has 2 aromatic heterocycles. The van der Waals surface area contributed by atoms with Gasteiger partial charge < -0.3 is 19.9 Å². The van der Waals surface area contributed by atoms with Crippen LogP contribution in [-0.2, 0) is 16.0 Å². The Labute approximate surface area is 149 Å². The normalized spacial score (nSPS) is 14.7. The fourth-order valence-electron chi connectivity index (χ4n) is 2.59. The van der Waals surface area contributed by atoms with Crippen LogP contribution in [0.2, 0.25) is 0 Å². The van der Waals surface area contributed by atoms with Crippen molar-refractivity contribution >= 4 is 41.0 Å². The number of nitrogens with one attached hydrogen (secondary N) is 2. The second-order valence-corrected chi connectivity index (χ2v) is 7.46. The first-order valence-electron chi connectivity index (χ1n) is 7.81. The summed E-state index contributed by atoms with van der Waals surface area (Å²) in [7, 11) is 0. The summed E-state index contributed by atoms with van der Waals surface area (Å²) in [5.74, 6) is 0.862. The van der Waals surface area contributed by atoms with E-state index in [1.807, 2.05) is 26.0 Å². The molecule has 2 aromatic rings. The standard InChI is InChI=1S/C16H20N4O2S2/c1-10-12(3-4-14(17-10)20-5-7-22-8-6-20)19-15(21)9-13-11(2)18-16(23)24-13/h3-4H,5-9H2,1-2H3,(H,18,23)(H,19,21). The van der Waals surface area contributed by atoms with Gasteiger partial charge in [-0.2, -0.15) is 0 Å². The molecule has 24 heavy (non-hydrogen) atoms. The Balaban J connectivity index is 1.67. The SMILES string of the molecule is Cc1nc(N2CCOCC2)ccc1NC(=O)Cc1sc(=S)[nH]c1C. The number of thiazole rings is 1. The summed E-state index contributed by atoms with van der Waals surface area (Å²) < 4.78 is 6.06.